The molecular formula is C21H21BrN2. The minimum absolute atomic E-state index is 0.773. The number of halogens is 1. The molecular weight excluding hydrogens is 360 g/mol. The number of rotatable bonds is 4. The molecule has 3 aromatic rings. The first kappa shape index (κ1) is 16.8. The van der Waals surface area contributed by atoms with Crippen LogP contribution in [0, 0.1) is 13.8 Å². The monoisotopic (exact) mass is 380 g/mol. The van der Waals surface area contributed by atoms with Gasteiger partial charge in [0.15, 0.2) is 0 Å². The number of nitrogens with zero attached hydrogens (tertiary/aromatic N) is 2. The lowest BCUT2D eigenvalue weighted by molar-refractivity contribution is 0.962. The lowest BCUT2D eigenvalue weighted by atomic mass is 10.1. The van der Waals surface area contributed by atoms with Gasteiger partial charge in [-0.1, -0.05) is 54.1 Å². The second kappa shape index (κ2) is 7.27. The number of aliphatic imine (C=N–C) groups is 1. The van der Waals surface area contributed by atoms with Gasteiger partial charge in [-0.15, -0.1) is 0 Å². The smallest absolute Gasteiger partial charge is 0.0988 e. The van der Waals surface area contributed by atoms with Crippen molar-refractivity contribution in [3.8, 4) is 0 Å². The van der Waals surface area contributed by atoms with Crippen molar-refractivity contribution < 1.29 is 0 Å². The summed E-state index contributed by atoms with van der Waals surface area (Å²) < 4.78 is 1.03. The van der Waals surface area contributed by atoms with Crippen LogP contribution in [-0.4, -0.2) is 17.2 Å². The zero-order valence-electron chi connectivity index (χ0n) is 14.3. The average Bonchev–Trinajstić information content (AvgIpc) is 2.58. The zero-order chi connectivity index (χ0) is 17.1. The van der Waals surface area contributed by atoms with Crippen LogP contribution in [0.3, 0.4) is 0 Å². The highest BCUT2D eigenvalue weighted by molar-refractivity contribution is 9.10. The van der Waals surface area contributed by atoms with E-state index in [0.29, 0.717) is 0 Å². The van der Waals surface area contributed by atoms with Crippen molar-refractivity contribution >= 4 is 32.4 Å². The Morgan fingerprint density at radius 3 is 2.54 bits per heavy atom. The van der Waals surface area contributed by atoms with Gasteiger partial charge in [-0.05, 0) is 54.1 Å². The van der Waals surface area contributed by atoms with Crippen LogP contribution in [0.25, 0.3) is 10.8 Å². The van der Waals surface area contributed by atoms with Gasteiger partial charge in [-0.3, -0.25) is 9.98 Å². The number of aromatic nitrogens is 1. The van der Waals surface area contributed by atoms with Crippen molar-refractivity contribution in [2.45, 2.75) is 27.2 Å². The molecule has 0 saturated heterocycles. The molecule has 0 bridgehead atoms. The Morgan fingerprint density at radius 2 is 1.79 bits per heavy atom. The van der Waals surface area contributed by atoms with E-state index in [9.17, 15) is 0 Å². The van der Waals surface area contributed by atoms with Gasteiger partial charge in [0, 0.05) is 17.6 Å². The Kier molecular flexibility index (Phi) is 5.10. The molecule has 24 heavy (non-hydrogen) atoms. The quantitative estimate of drug-likeness (QED) is 0.535. The molecule has 0 unspecified atom stereocenters. The molecule has 2 aromatic carbocycles. The van der Waals surface area contributed by atoms with Crippen LogP contribution in [0.5, 0.6) is 0 Å². The molecule has 0 fully saturated rings. The van der Waals surface area contributed by atoms with Crippen LogP contribution in [0.1, 0.15) is 29.4 Å². The Hall–Kier alpha value is -2.00. The summed E-state index contributed by atoms with van der Waals surface area (Å²) in [6.07, 6.45) is 0.948. The molecule has 3 rings (SSSR count). The van der Waals surface area contributed by atoms with Crippen LogP contribution >= 0.6 is 15.9 Å². The molecule has 0 aliphatic carbocycles. The van der Waals surface area contributed by atoms with Crippen LogP contribution in [-0.2, 0) is 6.42 Å². The Balaban J connectivity index is 1.85. The fraction of sp³-hybridized carbons (Fsp3) is 0.238. The molecule has 3 heteroatoms. The highest BCUT2D eigenvalue weighted by atomic mass is 79.9. The molecule has 1 aromatic heterocycles. The molecule has 0 aliphatic rings. The number of fused-ring (bicyclic) bond motifs is 1. The van der Waals surface area contributed by atoms with Crippen LogP contribution in [0.4, 0.5) is 0 Å². The molecule has 0 radical (unpaired) electrons. The van der Waals surface area contributed by atoms with E-state index in [1.165, 1.54) is 21.9 Å². The van der Waals surface area contributed by atoms with Crippen molar-refractivity contribution in [1.82, 2.24) is 4.98 Å². The first-order valence-electron chi connectivity index (χ1n) is 8.18. The van der Waals surface area contributed by atoms with E-state index in [2.05, 4.69) is 72.2 Å². The minimum atomic E-state index is 0.773. The summed E-state index contributed by atoms with van der Waals surface area (Å²) in [4.78, 5) is 9.52. The van der Waals surface area contributed by atoms with Gasteiger partial charge >= 0.3 is 0 Å². The standard InChI is InChI=1S/C21H21BrN2/c1-14-7-6-8-17(13-14)11-12-23-16(3)21-20(22)19-10-5-4-9-18(19)15(2)24-21/h4-10,13H,11-12H2,1-3H3. The Bertz CT molecular complexity index is 913. The molecule has 0 amide bonds. The van der Waals surface area contributed by atoms with Crippen LogP contribution < -0.4 is 0 Å². The largest absolute Gasteiger partial charge is 0.287 e. The lowest BCUT2D eigenvalue weighted by Gasteiger charge is -2.10. The first-order valence-corrected chi connectivity index (χ1v) is 8.97. The van der Waals surface area contributed by atoms with E-state index in [-0.39, 0.29) is 0 Å². The van der Waals surface area contributed by atoms with Gasteiger partial charge in [0.1, 0.15) is 0 Å². The summed E-state index contributed by atoms with van der Waals surface area (Å²) in [5.74, 6) is 0. The van der Waals surface area contributed by atoms with Gasteiger partial charge < -0.3 is 0 Å². The van der Waals surface area contributed by atoms with Crippen molar-refractivity contribution in [3.63, 3.8) is 0 Å². The fourth-order valence-electron chi connectivity index (χ4n) is 2.93. The SMILES string of the molecule is CC(=NCCc1cccc(C)c1)c1nc(C)c2ccccc2c1Br. The molecule has 1 heterocycles. The summed E-state index contributed by atoms with van der Waals surface area (Å²) in [6.45, 7) is 6.99. The molecule has 0 N–H and O–H groups in total. The van der Waals surface area contributed by atoms with Crippen LogP contribution in [0.15, 0.2) is 58.0 Å². The third kappa shape index (κ3) is 3.57. The topological polar surface area (TPSA) is 25.2 Å². The summed E-state index contributed by atoms with van der Waals surface area (Å²) in [5, 5.41) is 2.37. The van der Waals surface area contributed by atoms with E-state index in [1.807, 2.05) is 13.0 Å². The van der Waals surface area contributed by atoms with E-state index >= 15 is 0 Å². The van der Waals surface area contributed by atoms with E-state index < -0.39 is 0 Å². The Labute approximate surface area is 151 Å². The zero-order valence-corrected chi connectivity index (χ0v) is 15.9. The summed E-state index contributed by atoms with van der Waals surface area (Å²) >= 11 is 3.72. The molecule has 0 saturated carbocycles. The third-order valence-corrected chi connectivity index (χ3v) is 5.02. The van der Waals surface area contributed by atoms with Crippen molar-refractivity contribution in [2.24, 2.45) is 4.99 Å². The molecule has 0 aliphatic heterocycles. The number of aryl methyl sites for hydroxylation is 2. The van der Waals surface area contributed by atoms with Crippen molar-refractivity contribution in [2.75, 3.05) is 6.54 Å². The van der Waals surface area contributed by atoms with Gasteiger partial charge in [0.25, 0.3) is 0 Å². The van der Waals surface area contributed by atoms with E-state index in [0.717, 1.165) is 34.5 Å². The Morgan fingerprint density at radius 1 is 1.04 bits per heavy atom. The van der Waals surface area contributed by atoms with Gasteiger partial charge in [0.05, 0.1) is 15.9 Å². The highest BCUT2D eigenvalue weighted by Gasteiger charge is 2.11. The van der Waals surface area contributed by atoms with Gasteiger partial charge in [0.2, 0.25) is 0 Å². The fourth-order valence-corrected chi connectivity index (χ4v) is 3.65. The predicted molar refractivity (Wildman–Crippen MR) is 106 cm³/mol. The lowest BCUT2D eigenvalue weighted by Crippen LogP contribution is -2.04. The van der Waals surface area contributed by atoms with Gasteiger partial charge in [-0.25, -0.2) is 0 Å². The maximum Gasteiger partial charge on any atom is 0.0988 e. The maximum atomic E-state index is 4.76. The number of pyridine rings is 1. The summed E-state index contributed by atoms with van der Waals surface area (Å²) in [7, 11) is 0. The second-order valence-electron chi connectivity index (χ2n) is 6.11. The first-order chi connectivity index (χ1) is 11.6. The normalized spacial score (nSPS) is 11.9. The maximum absolute atomic E-state index is 4.76. The van der Waals surface area contributed by atoms with E-state index in [4.69, 9.17) is 9.98 Å². The summed E-state index contributed by atoms with van der Waals surface area (Å²) in [6, 6.07) is 16.9. The second-order valence-corrected chi connectivity index (χ2v) is 6.90. The number of benzene rings is 2. The van der Waals surface area contributed by atoms with Crippen LogP contribution in [0.2, 0.25) is 0 Å². The summed E-state index contributed by atoms with van der Waals surface area (Å²) in [5.41, 5.74) is 5.58. The molecule has 122 valence electrons. The average molecular weight is 381 g/mol. The minimum Gasteiger partial charge on any atom is -0.287 e. The number of hydrogen-bond donors (Lipinski definition) is 0. The number of hydrogen-bond acceptors (Lipinski definition) is 2. The molecule has 0 spiro atoms. The van der Waals surface area contributed by atoms with Gasteiger partial charge in [-0.2, -0.15) is 0 Å². The van der Waals surface area contributed by atoms with Crippen molar-refractivity contribution in [1.29, 1.82) is 0 Å². The molecule has 2 nitrogen and oxygen atoms in total. The van der Waals surface area contributed by atoms with Crippen molar-refractivity contribution in [3.05, 3.63) is 75.5 Å². The third-order valence-electron chi connectivity index (χ3n) is 4.22. The highest BCUT2D eigenvalue weighted by Crippen LogP contribution is 2.28. The van der Waals surface area contributed by atoms with E-state index in [1.54, 1.807) is 0 Å². The predicted octanol–water partition coefficient (Wildman–Crippen LogP) is 5.67. The molecule has 0 atom stereocenters.